The Morgan fingerprint density at radius 2 is 2.15 bits per heavy atom. The van der Waals surface area contributed by atoms with E-state index in [4.69, 9.17) is 4.74 Å². The number of esters is 1. The number of aromatic nitrogens is 2. The maximum atomic E-state index is 12.1. The van der Waals surface area contributed by atoms with Crippen LogP contribution in [0.1, 0.15) is 50.5 Å². The van der Waals surface area contributed by atoms with E-state index in [-0.39, 0.29) is 28.2 Å². The van der Waals surface area contributed by atoms with E-state index < -0.39 is 5.97 Å². The van der Waals surface area contributed by atoms with Crippen LogP contribution >= 0.6 is 0 Å². The van der Waals surface area contributed by atoms with Gasteiger partial charge in [0.15, 0.2) is 5.69 Å². The Hall–Kier alpha value is -1.65. The first-order valence-corrected chi connectivity index (χ1v) is 7.11. The van der Waals surface area contributed by atoms with Gasteiger partial charge in [-0.05, 0) is 36.7 Å². The fourth-order valence-electron chi connectivity index (χ4n) is 3.96. The van der Waals surface area contributed by atoms with Crippen LogP contribution in [0.25, 0.3) is 0 Å². The number of nitrogens with zero attached hydrogens (tertiary/aromatic N) is 1. The molecular formula is C15H20N2O3. The second kappa shape index (κ2) is 4.17. The lowest BCUT2D eigenvalue weighted by Gasteiger charge is -2.38. The molecule has 2 fully saturated rings. The van der Waals surface area contributed by atoms with Crippen LogP contribution in [0.15, 0.2) is 16.9 Å². The second-order valence-corrected chi connectivity index (χ2v) is 6.81. The number of hydrogen-bond acceptors (Lipinski definition) is 4. The molecule has 1 aromatic rings. The maximum Gasteiger partial charge on any atom is 0.359 e. The minimum atomic E-state index is -0.448. The van der Waals surface area contributed by atoms with Crippen LogP contribution < -0.4 is 5.56 Å². The van der Waals surface area contributed by atoms with Gasteiger partial charge in [0.2, 0.25) is 0 Å². The molecule has 5 heteroatoms. The molecule has 3 rings (SSSR count). The summed E-state index contributed by atoms with van der Waals surface area (Å²) in [6, 6.07) is 2.69. The normalized spacial score (nSPS) is 34.1. The van der Waals surface area contributed by atoms with E-state index in [1.807, 2.05) is 0 Å². The highest BCUT2D eigenvalue weighted by molar-refractivity contribution is 5.87. The molecule has 0 radical (unpaired) electrons. The molecule has 1 aromatic heterocycles. The van der Waals surface area contributed by atoms with Crippen LogP contribution in [0.4, 0.5) is 0 Å². The summed E-state index contributed by atoms with van der Waals surface area (Å²) in [5.41, 5.74) is 0.0784. The van der Waals surface area contributed by atoms with Crippen molar-refractivity contribution in [3.63, 3.8) is 0 Å². The number of rotatable bonds is 2. The molecule has 2 saturated carbocycles. The fraction of sp³-hybridized carbons (Fsp3) is 0.667. The van der Waals surface area contributed by atoms with Gasteiger partial charge in [0, 0.05) is 11.5 Å². The van der Waals surface area contributed by atoms with Gasteiger partial charge < -0.3 is 4.74 Å². The first-order chi connectivity index (χ1) is 9.34. The van der Waals surface area contributed by atoms with Gasteiger partial charge in [-0.2, -0.15) is 5.10 Å². The van der Waals surface area contributed by atoms with Crippen LogP contribution in [-0.2, 0) is 4.74 Å². The topological polar surface area (TPSA) is 72.1 Å². The van der Waals surface area contributed by atoms with Crippen LogP contribution in [0.3, 0.4) is 0 Å². The van der Waals surface area contributed by atoms with E-state index in [0.717, 1.165) is 12.8 Å². The second-order valence-electron chi connectivity index (χ2n) is 6.81. The molecule has 0 saturated heterocycles. The summed E-state index contributed by atoms with van der Waals surface area (Å²) >= 11 is 0. The van der Waals surface area contributed by atoms with Gasteiger partial charge in [-0.15, -0.1) is 0 Å². The van der Waals surface area contributed by atoms with E-state index in [9.17, 15) is 9.59 Å². The number of hydrogen-bond donors (Lipinski definition) is 1. The zero-order valence-electron chi connectivity index (χ0n) is 12.1. The lowest BCUT2D eigenvalue weighted by Crippen LogP contribution is -2.38. The average Bonchev–Trinajstić information content (AvgIpc) is 2.72. The zero-order valence-corrected chi connectivity index (χ0v) is 12.1. The van der Waals surface area contributed by atoms with E-state index in [2.05, 4.69) is 31.0 Å². The number of H-pyrrole nitrogens is 1. The number of carbonyl (C=O) groups excluding carboxylic acids is 1. The van der Waals surface area contributed by atoms with E-state index >= 15 is 0 Å². The third-order valence-electron chi connectivity index (χ3n) is 5.85. The van der Waals surface area contributed by atoms with Crippen molar-refractivity contribution >= 4 is 5.97 Å². The molecule has 3 atom stereocenters. The molecule has 0 amide bonds. The quantitative estimate of drug-likeness (QED) is 0.840. The molecule has 3 unspecified atom stereocenters. The zero-order chi connectivity index (χ0) is 14.5. The summed E-state index contributed by atoms with van der Waals surface area (Å²) in [5, 5.41) is 5.99. The monoisotopic (exact) mass is 276 g/mol. The number of carbonyl (C=O) groups is 1. The van der Waals surface area contributed by atoms with Gasteiger partial charge in [-0.25, -0.2) is 9.89 Å². The third-order valence-corrected chi connectivity index (χ3v) is 5.85. The van der Waals surface area contributed by atoms with E-state index in [0.29, 0.717) is 5.92 Å². The van der Waals surface area contributed by atoms with Gasteiger partial charge >= 0.3 is 5.97 Å². The summed E-state index contributed by atoms with van der Waals surface area (Å²) in [6.45, 7) is 6.77. The average molecular weight is 276 g/mol. The number of fused-ring (bicyclic) bond motifs is 2. The van der Waals surface area contributed by atoms with Crippen molar-refractivity contribution < 1.29 is 9.53 Å². The SMILES string of the molecule is CC1(C)C2CCC1(C)C(OC(=O)c1ccc(=O)[nH]n1)C2. The van der Waals surface area contributed by atoms with Gasteiger partial charge in [-0.3, -0.25) is 4.79 Å². The Bertz CT molecular complexity index is 587. The molecule has 0 aromatic carbocycles. The van der Waals surface area contributed by atoms with E-state index in [1.165, 1.54) is 18.6 Å². The predicted molar refractivity (Wildman–Crippen MR) is 73.3 cm³/mol. The Balaban J connectivity index is 1.78. The summed E-state index contributed by atoms with van der Waals surface area (Å²) in [4.78, 5) is 23.1. The minimum absolute atomic E-state index is 0.0372. The van der Waals surface area contributed by atoms with Crippen LogP contribution in [0.5, 0.6) is 0 Å². The van der Waals surface area contributed by atoms with Crippen molar-refractivity contribution in [3.8, 4) is 0 Å². The van der Waals surface area contributed by atoms with Crippen LogP contribution in [0, 0.1) is 16.7 Å². The molecule has 2 aliphatic rings. The molecule has 0 aliphatic heterocycles. The summed E-state index contributed by atoms with van der Waals surface area (Å²) in [7, 11) is 0. The summed E-state index contributed by atoms with van der Waals surface area (Å²) < 4.78 is 5.69. The molecule has 20 heavy (non-hydrogen) atoms. The predicted octanol–water partition coefficient (Wildman–Crippen LogP) is 2.14. The smallest absolute Gasteiger partial charge is 0.359 e. The van der Waals surface area contributed by atoms with Crippen molar-refractivity contribution in [3.05, 3.63) is 28.2 Å². The van der Waals surface area contributed by atoms with E-state index in [1.54, 1.807) is 0 Å². The van der Waals surface area contributed by atoms with Crippen molar-refractivity contribution in [2.24, 2.45) is 16.7 Å². The van der Waals surface area contributed by atoms with Crippen molar-refractivity contribution in [2.75, 3.05) is 0 Å². The molecule has 5 nitrogen and oxygen atoms in total. The molecular weight excluding hydrogens is 256 g/mol. The highest BCUT2D eigenvalue weighted by atomic mass is 16.5. The standard InChI is InChI=1S/C15H20N2O3/c1-14(2)9-6-7-15(14,3)11(8-9)20-13(19)10-4-5-12(18)17-16-10/h4-5,9,11H,6-8H2,1-3H3,(H,17,18). The van der Waals surface area contributed by atoms with Gasteiger partial charge in [0.25, 0.3) is 5.56 Å². The number of nitrogens with one attached hydrogen (secondary N) is 1. The molecule has 2 bridgehead atoms. The van der Waals surface area contributed by atoms with Crippen molar-refractivity contribution in [1.82, 2.24) is 10.2 Å². The summed E-state index contributed by atoms with van der Waals surface area (Å²) in [6.07, 6.45) is 3.19. The lowest BCUT2D eigenvalue weighted by atomic mass is 9.70. The first kappa shape index (κ1) is 13.3. The molecule has 2 aliphatic carbocycles. The van der Waals surface area contributed by atoms with Crippen molar-refractivity contribution in [2.45, 2.75) is 46.1 Å². The van der Waals surface area contributed by atoms with Gasteiger partial charge in [0.1, 0.15) is 6.10 Å². The molecule has 1 heterocycles. The Kier molecular flexibility index (Phi) is 2.78. The largest absolute Gasteiger partial charge is 0.457 e. The van der Waals surface area contributed by atoms with Crippen LogP contribution in [-0.4, -0.2) is 22.3 Å². The van der Waals surface area contributed by atoms with Gasteiger partial charge in [0.05, 0.1) is 0 Å². The number of ether oxygens (including phenoxy) is 1. The number of aromatic amines is 1. The Morgan fingerprint density at radius 1 is 1.40 bits per heavy atom. The first-order valence-electron chi connectivity index (χ1n) is 7.11. The molecule has 1 N–H and O–H groups in total. The highest BCUT2D eigenvalue weighted by Gasteiger charge is 2.62. The minimum Gasteiger partial charge on any atom is -0.457 e. The van der Waals surface area contributed by atoms with Crippen molar-refractivity contribution in [1.29, 1.82) is 0 Å². The Labute approximate surface area is 117 Å². The highest BCUT2D eigenvalue weighted by Crippen LogP contribution is 2.66. The van der Waals surface area contributed by atoms with Gasteiger partial charge in [-0.1, -0.05) is 20.8 Å². The fourth-order valence-corrected chi connectivity index (χ4v) is 3.96. The van der Waals surface area contributed by atoms with Crippen LogP contribution in [0.2, 0.25) is 0 Å². The molecule has 108 valence electrons. The Morgan fingerprint density at radius 3 is 2.65 bits per heavy atom. The molecule has 0 spiro atoms. The summed E-state index contributed by atoms with van der Waals surface area (Å²) in [5.74, 6) is 0.171. The maximum absolute atomic E-state index is 12.1. The lowest BCUT2D eigenvalue weighted by molar-refractivity contribution is -0.0248. The third kappa shape index (κ3) is 1.72.